The lowest BCUT2D eigenvalue weighted by Crippen LogP contribution is -2.67. The third-order valence-electron chi connectivity index (χ3n) is 8.96. The summed E-state index contributed by atoms with van der Waals surface area (Å²) in [5, 5.41) is 6.76. The minimum atomic E-state index is -0.888. The van der Waals surface area contributed by atoms with Gasteiger partial charge in [0.2, 0.25) is 11.8 Å². The van der Waals surface area contributed by atoms with E-state index in [-0.39, 0.29) is 41.2 Å². The van der Waals surface area contributed by atoms with Crippen molar-refractivity contribution in [2.24, 2.45) is 28.7 Å². The van der Waals surface area contributed by atoms with E-state index in [0.29, 0.717) is 38.4 Å². The van der Waals surface area contributed by atoms with Gasteiger partial charge in [0.15, 0.2) is 18.1 Å². The molecule has 6 N–H and O–H groups in total. The van der Waals surface area contributed by atoms with Crippen molar-refractivity contribution >= 4 is 18.0 Å². The number of amides is 2. The lowest BCUT2D eigenvalue weighted by molar-refractivity contribution is -0.545. The molecule has 0 aromatic carbocycles. The summed E-state index contributed by atoms with van der Waals surface area (Å²) in [4.78, 5) is 30.0. The topological polar surface area (TPSA) is 120 Å². The highest BCUT2D eigenvalue weighted by Gasteiger charge is 2.45. The normalized spacial score (nSPS) is 33.1. The summed E-state index contributed by atoms with van der Waals surface area (Å²) < 4.78 is 16.4. The molecule has 3 aliphatic heterocycles. The first kappa shape index (κ1) is 29.7. The van der Waals surface area contributed by atoms with Crippen LogP contribution in [0.25, 0.3) is 0 Å². The van der Waals surface area contributed by atoms with Gasteiger partial charge in [0.25, 0.3) is 0 Å². The number of carbonyl (C=O) groups is 2. The number of carbonyl (C=O) groups excluding carboxylic acids is 2. The van der Waals surface area contributed by atoms with Crippen molar-refractivity contribution in [3.8, 4) is 0 Å². The molecule has 37 heavy (non-hydrogen) atoms. The van der Waals surface area contributed by atoms with E-state index in [1.807, 2.05) is 11.9 Å². The molecule has 0 saturated carbocycles. The number of piperazine rings is 1. The summed E-state index contributed by atoms with van der Waals surface area (Å²) in [6, 6.07) is -0.324. The van der Waals surface area contributed by atoms with Crippen LogP contribution in [0, 0.1) is 17.3 Å². The molecule has 0 aliphatic carbocycles. The van der Waals surface area contributed by atoms with Crippen molar-refractivity contribution in [1.82, 2.24) is 20.4 Å². The van der Waals surface area contributed by atoms with Gasteiger partial charge in [-0.05, 0) is 36.8 Å². The second kappa shape index (κ2) is 12.8. The van der Waals surface area contributed by atoms with Crippen LogP contribution in [0.2, 0.25) is 0 Å². The number of piperidine rings is 1. The zero-order chi connectivity index (χ0) is 27.3. The fraction of sp³-hybridized carbons (Fsp3) is 0.815. The van der Waals surface area contributed by atoms with Crippen LogP contribution in [0.4, 0.5) is 4.39 Å². The van der Waals surface area contributed by atoms with Gasteiger partial charge in [0.05, 0.1) is 12.2 Å². The molecule has 0 bridgehead atoms. The number of nitrogens with one attached hydrogen (secondary N) is 2. The largest absolute Gasteiger partial charge is 0.350 e. The minimum absolute atomic E-state index is 0.0683. The van der Waals surface area contributed by atoms with Crippen molar-refractivity contribution in [2.45, 2.75) is 77.7 Å². The Hall–Kier alpha value is -1.88. The highest BCUT2D eigenvalue weighted by Crippen LogP contribution is 2.36. The number of rotatable bonds is 6. The average Bonchev–Trinajstić information content (AvgIpc) is 2.88. The van der Waals surface area contributed by atoms with Gasteiger partial charge >= 0.3 is 0 Å². The smallest absolute Gasteiger partial charge is 0.233 e. The Morgan fingerprint density at radius 1 is 1.27 bits per heavy atom. The quantitative estimate of drug-likeness (QED) is 0.300. The molecule has 3 aliphatic rings. The molecule has 0 aromatic rings. The summed E-state index contributed by atoms with van der Waals surface area (Å²) in [5.74, 6) is -0.769. The Morgan fingerprint density at radius 3 is 2.54 bits per heavy atom. The van der Waals surface area contributed by atoms with Crippen LogP contribution in [0.5, 0.6) is 0 Å². The molecule has 10 heteroatoms. The molecular weight excluding hydrogens is 473 g/mol. The molecular formula is C27H49FN7O2+. The highest BCUT2D eigenvalue weighted by atomic mass is 19.1. The van der Waals surface area contributed by atoms with Crippen LogP contribution in [-0.2, 0) is 9.59 Å². The molecule has 0 aromatic heterocycles. The fourth-order valence-electron chi connectivity index (χ4n) is 6.43. The summed E-state index contributed by atoms with van der Waals surface area (Å²) in [6.07, 6.45) is 5.30. The van der Waals surface area contributed by atoms with Crippen LogP contribution < -0.4 is 22.1 Å². The summed E-state index contributed by atoms with van der Waals surface area (Å²) >= 11 is 0. The number of halogens is 1. The van der Waals surface area contributed by atoms with Crippen LogP contribution in [0.15, 0.2) is 11.9 Å². The van der Waals surface area contributed by atoms with Gasteiger partial charge in [-0.15, -0.1) is 0 Å². The molecule has 0 spiro atoms. The van der Waals surface area contributed by atoms with E-state index in [1.165, 1.54) is 6.21 Å². The first-order valence-electron chi connectivity index (χ1n) is 13.9. The molecule has 210 valence electrons. The maximum absolute atomic E-state index is 14.6. The summed E-state index contributed by atoms with van der Waals surface area (Å²) in [6.45, 7) is 12.6. The van der Waals surface area contributed by atoms with Gasteiger partial charge < -0.3 is 27.0 Å². The van der Waals surface area contributed by atoms with Crippen molar-refractivity contribution in [3.05, 3.63) is 11.9 Å². The Bertz CT molecular complexity index is 871. The summed E-state index contributed by atoms with van der Waals surface area (Å²) in [5.41, 5.74) is 12.5. The summed E-state index contributed by atoms with van der Waals surface area (Å²) in [7, 11) is 1.81. The van der Waals surface area contributed by atoms with E-state index in [2.05, 4.69) is 36.3 Å². The van der Waals surface area contributed by atoms with Crippen molar-refractivity contribution in [2.75, 3.05) is 46.3 Å². The SMILES string of the molecule is CCC1(C)CCC=C(F)C=[N+](C)C(C(C(=O)NC2CNCC(C)C2N2CCN(C(C)=O)CC2)C(N)N)C1. The maximum atomic E-state index is 14.6. The number of allylic oxidation sites excluding steroid dienone is 2. The lowest BCUT2D eigenvalue weighted by Gasteiger charge is -2.47. The Balaban J connectivity index is 1.83. The molecule has 0 radical (unpaired) electrons. The van der Waals surface area contributed by atoms with E-state index in [9.17, 15) is 14.0 Å². The average molecular weight is 523 g/mol. The van der Waals surface area contributed by atoms with Crippen molar-refractivity contribution in [3.63, 3.8) is 0 Å². The number of hydrogen-bond acceptors (Lipinski definition) is 6. The van der Waals surface area contributed by atoms with Gasteiger partial charge in [0, 0.05) is 52.1 Å². The maximum Gasteiger partial charge on any atom is 0.233 e. The fourth-order valence-corrected chi connectivity index (χ4v) is 6.43. The van der Waals surface area contributed by atoms with Crippen LogP contribution in [0.1, 0.15) is 53.4 Å². The van der Waals surface area contributed by atoms with Gasteiger partial charge in [-0.2, -0.15) is 0 Å². The lowest BCUT2D eigenvalue weighted by atomic mass is 9.74. The number of hydrogen-bond donors (Lipinski definition) is 4. The van der Waals surface area contributed by atoms with Gasteiger partial charge in [-0.25, -0.2) is 8.97 Å². The Labute approximate surface area is 221 Å². The Kier molecular flexibility index (Phi) is 10.2. The molecule has 2 saturated heterocycles. The molecule has 9 nitrogen and oxygen atoms in total. The van der Waals surface area contributed by atoms with E-state index in [0.717, 1.165) is 32.5 Å². The number of nitrogens with zero attached hydrogens (tertiary/aromatic N) is 3. The van der Waals surface area contributed by atoms with Crippen LogP contribution in [0.3, 0.4) is 0 Å². The van der Waals surface area contributed by atoms with Gasteiger partial charge in [-0.3, -0.25) is 14.5 Å². The molecule has 3 rings (SSSR count). The first-order valence-corrected chi connectivity index (χ1v) is 13.9. The molecule has 6 atom stereocenters. The number of nitrogens with two attached hydrogens (primary N) is 2. The van der Waals surface area contributed by atoms with Crippen LogP contribution in [-0.4, -0.2) is 103 Å². The van der Waals surface area contributed by atoms with Crippen molar-refractivity contribution in [1.29, 1.82) is 0 Å². The molecule has 2 fully saturated rings. The van der Waals surface area contributed by atoms with Crippen LogP contribution >= 0.6 is 0 Å². The van der Waals surface area contributed by atoms with E-state index >= 15 is 0 Å². The molecule has 2 amide bonds. The van der Waals surface area contributed by atoms with Gasteiger partial charge in [-0.1, -0.05) is 27.2 Å². The zero-order valence-electron chi connectivity index (χ0n) is 23.4. The Morgan fingerprint density at radius 2 is 1.95 bits per heavy atom. The first-order chi connectivity index (χ1) is 17.5. The van der Waals surface area contributed by atoms with E-state index < -0.39 is 12.1 Å². The highest BCUT2D eigenvalue weighted by molar-refractivity contribution is 5.80. The zero-order valence-corrected chi connectivity index (χ0v) is 23.4. The van der Waals surface area contributed by atoms with E-state index in [4.69, 9.17) is 11.5 Å². The predicted molar refractivity (Wildman–Crippen MR) is 145 cm³/mol. The molecule has 6 unspecified atom stereocenters. The third kappa shape index (κ3) is 7.37. The predicted octanol–water partition coefficient (Wildman–Crippen LogP) is 0.638. The second-order valence-electron chi connectivity index (χ2n) is 11.7. The minimum Gasteiger partial charge on any atom is -0.350 e. The standard InChI is InChI=1S/C27H48FN7O2/c1-6-27(4)9-7-8-20(28)17-33(5)22(14-27)23(25(29)30)26(37)32-21-16-31-15-18(2)24(21)35-12-10-34(11-13-35)19(3)36/h8,17-18,21-25,31H,6-7,9-16,29-30H2,1-5H3/p+1. The van der Waals surface area contributed by atoms with E-state index in [1.54, 1.807) is 17.6 Å². The third-order valence-corrected chi connectivity index (χ3v) is 8.96. The van der Waals surface area contributed by atoms with Gasteiger partial charge in [0.1, 0.15) is 13.0 Å². The van der Waals surface area contributed by atoms with Crippen molar-refractivity contribution < 1.29 is 18.6 Å². The molecule has 3 heterocycles. The second-order valence-corrected chi connectivity index (χ2v) is 11.7. The monoisotopic (exact) mass is 522 g/mol.